The lowest BCUT2D eigenvalue weighted by Gasteiger charge is -2.12. The largest absolute Gasteiger partial charge is 0.467 e. The van der Waals surface area contributed by atoms with Crippen molar-refractivity contribution in [1.82, 2.24) is 5.32 Å². The van der Waals surface area contributed by atoms with Gasteiger partial charge >= 0.3 is 6.18 Å². The first-order valence-corrected chi connectivity index (χ1v) is 9.74. The number of alkyl halides is 3. The highest BCUT2D eigenvalue weighted by Gasteiger charge is 2.31. The second-order valence-electron chi connectivity index (χ2n) is 5.97. The SMILES string of the molecule is O=C(NCc1ccco1)c1cccc(NS(=O)(=O)c2cccc(C(F)(F)F)c2)c1. The third-order valence-electron chi connectivity index (χ3n) is 3.85. The van der Waals surface area contributed by atoms with Gasteiger partial charge in [-0.2, -0.15) is 13.2 Å². The van der Waals surface area contributed by atoms with E-state index in [9.17, 15) is 26.4 Å². The molecule has 0 aliphatic carbocycles. The first kappa shape index (κ1) is 20.5. The van der Waals surface area contributed by atoms with Gasteiger partial charge in [-0.05, 0) is 48.5 Å². The highest BCUT2D eigenvalue weighted by Crippen LogP contribution is 2.30. The number of amides is 1. The number of benzene rings is 2. The molecule has 1 amide bonds. The van der Waals surface area contributed by atoms with Crippen LogP contribution in [-0.2, 0) is 22.7 Å². The Hall–Kier alpha value is -3.27. The van der Waals surface area contributed by atoms with Gasteiger partial charge in [-0.3, -0.25) is 9.52 Å². The minimum absolute atomic E-state index is 0.0352. The van der Waals surface area contributed by atoms with Crippen LogP contribution >= 0.6 is 0 Å². The summed E-state index contributed by atoms with van der Waals surface area (Å²) in [7, 11) is -4.28. The van der Waals surface area contributed by atoms with Crippen molar-refractivity contribution in [1.29, 1.82) is 0 Å². The summed E-state index contributed by atoms with van der Waals surface area (Å²) < 4.78 is 70.7. The van der Waals surface area contributed by atoms with Gasteiger partial charge in [-0.25, -0.2) is 8.42 Å². The normalized spacial score (nSPS) is 11.8. The predicted molar refractivity (Wildman–Crippen MR) is 98.6 cm³/mol. The van der Waals surface area contributed by atoms with Crippen LogP contribution in [0.1, 0.15) is 21.7 Å². The Morgan fingerprint density at radius 1 is 1.00 bits per heavy atom. The highest BCUT2D eigenvalue weighted by atomic mass is 32.2. The summed E-state index contributed by atoms with van der Waals surface area (Å²) in [4.78, 5) is 11.7. The van der Waals surface area contributed by atoms with E-state index in [2.05, 4.69) is 10.0 Å². The molecule has 6 nitrogen and oxygen atoms in total. The van der Waals surface area contributed by atoms with Crippen molar-refractivity contribution in [3.05, 3.63) is 83.8 Å². The predicted octanol–water partition coefficient (Wildman–Crippen LogP) is 4.03. The van der Waals surface area contributed by atoms with Gasteiger partial charge in [-0.1, -0.05) is 12.1 Å². The summed E-state index contributed by atoms with van der Waals surface area (Å²) >= 11 is 0. The average molecular weight is 424 g/mol. The third-order valence-corrected chi connectivity index (χ3v) is 5.23. The number of carbonyl (C=O) groups is 1. The van der Waals surface area contributed by atoms with Crippen LogP contribution in [0.2, 0.25) is 0 Å². The molecule has 3 rings (SSSR count). The van der Waals surface area contributed by atoms with Crippen LogP contribution in [0.3, 0.4) is 0 Å². The summed E-state index contributed by atoms with van der Waals surface area (Å²) in [5, 5.41) is 2.61. The second-order valence-corrected chi connectivity index (χ2v) is 7.66. The fourth-order valence-electron chi connectivity index (χ4n) is 2.46. The summed E-state index contributed by atoms with van der Waals surface area (Å²) in [6, 6.07) is 12.3. The zero-order valence-electron chi connectivity index (χ0n) is 14.7. The molecule has 2 aromatic carbocycles. The van der Waals surface area contributed by atoms with Crippen LogP contribution in [-0.4, -0.2) is 14.3 Å². The monoisotopic (exact) mass is 424 g/mol. The molecule has 0 fully saturated rings. The number of nitrogens with one attached hydrogen (secondary N) is 2. The molecular weight excluding hydrogens is 409 g/mol. The quantitative estimate of drug-likeness (QED) is 0.625. The topological polar surface area (TPSA) is 88.4 Å². The Bertz CT molecular complexity index is 1110. The van der Waals surface area contributed by atoms with E-state index in [-0.39, 0.29) is 17.8 Å². The first-order chi connectivity index (χ1) is 13.6. The van der Waals surface area contributed by atoms with Gasteiger partial charge in [0.15, 0.2) is 0 Å². The Balaban J connectivity index is 1.76. The zero-order chi connectivity index (χ0) is 21.1. The lowest BCUT2D eigenvalue weighted by atomic mass is 10.2. The average Bonchev–Trinajstić information content (AvgIpc) is 3.19. The molecule has 152 valence electrons. The van der Waals surface area contributed by atoms with Gasteiger partial charge in [0.25, 0.3) is 15.9 Å². The van der Waals surface area contributed by atoms with Gasteiger partial charge < -0.3 is 9.73 Å². The molecular formula is C19H15F3N2O4S. The summed E-state index contributed by atoms with van der Waals surface area (Å²) in [5.41, 5.74) is -0.875. The van der Waals surface area contributed by atoms with Crippen molar-refractivity contribution in [2.24, 2.45) is 0 Å². The number of hydrogen-bond acceptors (Lipinski definition) is 4. The van der Waals surface area contributed by atoms with Gasteiger partial charge in [0, 0.05) is 11.3 Å². The van der Waals surface area contributed by atoms with Gasteiger partial charge in [0.1, 0.15) is 5.76 Å². The van der Waals surface area contributed by atoms with Gasteiger partial charge in [0.2, 0.25) is 0 Å². The smallest absolute Gasteiger partial charge is 0.416 e. The molecule has 2 N–H and O–H groups in total. The molecule has 0 aliphatic rings. The lowest BCUT2D eigenvalue weighted by molar-refractivity contribution is -0.137. The molecule has 0 radical (unpaired) electrons. The lowest BCUT2D eigenvalue weighted by Crippen LogP contribution is -2.22. The molecule has 0 aliphatic heterocycles. The van der Waals surface area contributed by atoms with E-state index in [0.717, 1.165) is 18.2 Å². The second kappa shape index (κ2) is 8.00. The van der Waals surface area contributed by atoms with E-state index in [1.807, 2.05) is 0 Å². The zero-order valence-corrected chi connectivity index (χ0v) is 15.5. The number of halogens is 3. The molecule has 1 aromatic heterocycles. The number of carbonyl (C=O) groups excluding carboxylic acids is 1. The molecule has 29 heavy (non-hydrogen) atoms. The highest BCUT2D eigenvalue weighted by molar-refractivity contribution is 7.92. The fourth-order valence-corrected chi connectivity index (χ4v) is 3.56. The minimum atomic E-state index is -4.67. The van der Waals surface area contributed by atoms with Crippen LogP contribution in [0.25, 0.3) is 0 Å². The first-order valence-electron chi connectivity index (χ1n) is 8.26. The van der Waals surface area contributed by atoms with E-state index < -0.39 is 32.6 Å². The van der Waals surface area contributed by atoms with Gasteiger partial charge in [-0.15, -0.1) is 0 Å². The number of hydrogen-bond donors (Lipinski definition) is 2. The maximum atomic E-state index is 12.8. The molecule has 0 saturated carbocycles. The summed E-state index contributed by atoms with van der Waals surface area (Å²) in [5.74, 6) is 0.0706. The van der Waals surface area contributed by atoms with Crippen LogP contribution in [0.4, 0.5) is 18.9 Å². The molecule has 0 spiro atoms. The Morgan fingerprint density at radius 2 is 1.76 bits per heavy atom. The van der Waals surface area contributed by atoms with Crippen molar-refractivity contribution < 1.29 is 30.8 Å². The van der Waals surface area contributed by atoms with Crippen molar-refractivity contribution in [3.8, 4) is 0 Å². The molecule has 0 bridgehead atoms. The molecule has 10 heteroatoms. The maximum Gasteiger partial charge on any atom is 0.416 e. The van der Waals surface area contributed by atoms with Crippen LogP contribution < -0.4 is 10.0 Å². The van der Waals surface area contributed by atoms with E-state index in [1.54, 1.807) is 12.1 Å². The van der Waals surface area contributed by atoms with Gasteiger partial charge in [0.05, 0.1) is 23.3 Å². The van der Waals surface area contributed by atoms with Crippen LogP contribution in [0.15, 0.2) is 76.2 Å². The maximum absolute atomic E-state index is 12.8. The van der Waals surface area contributed by atoms with Crippen molar-refractivity contribution in [3.63, 3.8) is 0 Å². The van der Waals surface area contributed by atoms with Crippen molar-refractivity contribution in [2.75, 3.05) is 4.72 Å². The number of furan rings is 1. The fraction of sp³-hybridized carbons (Fsp3) is 0.105. The van der Waals surface area contributed by atoms with E-state index in [0.29, 0.717) is 11.8 Å². The standard InChI is InChI=1S/C19H15F3N2O4S/c20-19(21,22)14-5-2-8-17(11-14)29(26,27)24-15-6-1-4-13(10-15)18(25)23-12-16-7-3-9-28-16/h1-11,24H,12H2,(H,23,25). The molecule has 0 atom stereocenters. The molecule has 3 aromatic rings. The van der Waals surface area contributed by atoms with Crippen molar-refractivity contribution >= 4 is 21.6 Å². The number of sulfonamides is 1. The Labute approximate surface area is 164 Å². The van der Waals surface area contributed by atoms with Crippen LogP contribution in [0.5, 0.6) is 0 Å². The minimum Gasteiger partial charge on any atom is -0.467 e. The number of rotatable bonds is 6. The molecule has 0 unspecified atom stereocenters. The Morgan fingerprint density at radius 3 is 2.45 bits per heavy atom. The van der Waals surface area contributed by atoms with Crippen molar-refractivity contribution in [2.45, 2.75) is 17.6 Å². The Kier molecular flexibility index (Phi) is 5.64. The van der Waals surface area contributed by atoms with Crippen LogP contribution in [0, 0.1) is 0 Å². The van der Waals surface area contributed by atoms with E-state index in [4.69, 9.17) is 4.42 Å². The summed E-state index contributed by atoms with van der Waals surface area (Å²) in [6.45, 7) is 0.145. The van der Waals surface area contributed by atoms with E-state index >= 15 is 0 Å². The third kappa shape index (κ3) is 5.17. The number of anilines is 1. The van der Waals surface area contributed by atoms with E-state index in [1.165, 1.54) is 30.5 Å². The summed E-state index contributed by atoms with van der Waals surface area (Å²) in [6.07, 6.45) is -3.21. The molecule has 1 heterocycles. The molecule has 0 saturated heterocycles.